The molecule has 0 spiro atoms. The molecule has 0 rings (SSSR count). The van der Waals surface area contributed by atoms with E-state index in [-0.39, 0.29) is 0 Å². The summed E-state index contributed by atoms with van der Waals surface area (Å²) in [5, 5.41) is 0. The van der Waals surface area contributed by atoms with Gasteiger partial charge in [-0.3, -0.25) is 0 Å². The predicted molar refractivity (Wildman–Crippen MR) is 87.4 cm³/mol. The van der Waals surface area contributed by atoms with Gasteiger partial charge in [0.05, 0.1) is 0 Å². The molecule has 0 aromatic rings. The van der Waals surface area contributed by atoms with Crippen LogP contribution in [0.25, 0.3) is 0 Å². The van der Waals surface area contributed by atoms with Crippen LogP contribution >= 0.6 is 7.26 Å². The Balaban J connectivity index is 3.97. The summed E-state index contributed by atoms with van der Waals surface area (Å²) in [4.78, 5) is 0. The van der Waals surface area contributed by atoms with E-state index in [1.807, 2.05) is 0 Å². The van der Waals surface area contributed by atoms with Gasteiger partial charge in [0.25, 0.3) is 0 Å². The zero-order chi connectivity index (χ0) is 13.0. The van der Waals surface area contributed by atoms with Crippen molar-refractivity contribution in [1.29, 1.82) is 0 Å². The molecule has 1 heteroatoms. The summed E-state index contributed by atoms with van der Waals surface area (Å²) in [6, 6.07) is 0. The summed E-state index contributed by atoms with van der Waals surface area (Å²) in [5.41, 5.74) is 0. The molecule has 0 nitrogen and oxygen atoms in total. The molecular weight excluding hydrogens is 223 g/mol. The van der Waals surface area contributed by atoms with Crippen molar-refractivity contribution in [2.45, 2.75) is 79.1 Å². The van der Waals surface area contributed by atoms with E-state index in [1.54, 1.807) is 18.5 Å². The number of rotatable bonds is 12. The van der Waals surface area contributed by atoms with Crippen LogP contribution in [-0.4, -0.2) is 24.6 Å². The van der Waals surface area contributed by atoms with E-state index in [4.69, 9.17) is 0 Å². The first-order valence-corrected chi connectivity index (χ1v) is 11.1. The van der Waals surface area contributed by atoms with Crippen LogP contribution in [0.4, 0.5) is 0 Å². The summed E-state index contributed by atoms with van der Waals surface area (Å²) in [6.45, 7) is 9.52. The van der Waals surface area contributed by atoms with E-state index in [1.165, 1.54) is 57.5 Å². The molecule has 0 unspecified atom stereocenters. The van der Waals surface area contributed by atoms with E-state index < -0.39 is 7.26 Å². The third-order valence-electron chi connectivity index (χ3n) is 4.40. The Bertz CT molecular complexity index is 156. The topological polar surface area (TPSA) is 0 Å². The molecule has 0 bridgehead atoms. The van der Waals surface area contributed by atoms with E-state index in [0.717, 1.165) is 0 Å². The van der Waals surface area contributed by atoms with E-state index >= 15 is 0 Å². The Morgan fingerprint density at radius 3 is 1.65 bits per heavy atom. The van der Waals surface area contributed by atoms with Crippen LogP contribution in [0, 0.1) is 0 Å². The van der Waals surface area contributed by atoms with Gasteiger partial charge in [-0.1, -0.05) is 0 Å². The molecule has 0 amide bonds. The molecule has 0 aliphatic carbocycles. The number of unbranched alkanes of at least 4 members (excludes halogenated alkanes) is 5. The summed E-state index contributed by atoms with van der Waals surface area (Å²) in [5.74, 6) is 0. The molecule has 0 aliphatic heterocycles. The molecule has 0 atom stereocenters. The normalized spacial score (nSPS) is 12.9. The van der Waals surface area contributed by atoms with Gasteiger partial charge in [0.15, 0.2) is 0 Å². The van der Waals surface area contributed by atoms with E-state index in [2.05, 4.69) is 27.7 Å². The standard InChI is InChI=1S/C16H37P/c1-5-9-11-12-13-16-17(8-4,14-7-3)15-10-6-2/h17H,5-16H2,1-4H3. The van der Waals surface area contributed by atoms with Gasteiger partial charge in [0, 0.05) is 0 Å². The van der Waals surface area contributed by atoms with Crippen LogP contribution in [0.5, 0.6) is 0 Å². The third-order valence-corrected chi connectivity index (χ3v) is 10.3. The van der Waals surface area contributed by atoms with Crippen molar-refractivity contribution in [2.24, 2.45) is 0 Å². The quantitative estimate of drug-likeness (QED) is 0.301. The summed E-state index contributed by atoms with van der Waals surface area (Å²) >= 11 is 0. The molecule has 0 N–H and O–H groups in total. The van der Waals surface area contributed by atoms with Crippen molar-refractivity contribution in [3.63, 3.8) is 0 Å². The molecule has 0 heterocycles. The van der Waals surface area contributed by atoms with Crippen LogP contribution < -0.4 is 0 Å². The first-order valence-electron chi connectivity index (χ1n) is 8.24. The van der Waals surface area contributed by atoms with Crippen LogP contribution in [0.2, 0.25) is 0 Å². The Morgan fingerprint density at radius 2 is 1.12 bits per heavy atom. The molecule has 0 saturated carbocycles. The number of hydrogen-bond donors (Lipinski definition) is 0. The van der Waals surface area contributed by atoms with Crippen molar-refractivity contribution >= 4 is 7.26 Å². The first kappa shape index (κ1) is 17.4. The minimum atomic E-state index is -0.851. The maximum absolute atomic E-state index is 2.48. The second-order valence-electron chi connectivity index (χ2n) is 5.87. The fourth-order valence-electron chi connectivity index (χ4n) is 3.09. The Morgan fingerprint density at radius 1 is 0.529 bits per heavy atom. The first-order chi connectivity index (χ1) is 8.24. The van der Waals surface area contributed by atoms with Crippen LogP contribution in [0.1, 0.15) is 79.1 Å². The summed E-state index contributed by atoms with van der Waals surface area (Å²) in [7, 11) is -0.851. The Kier molecular flexibility index (Phi) is 11.8. The van der Waals surface area contributed by atoms with Gasteiger partial charge < -0.3 is 0 Å². The molecular formula is C16H37P. The summed E-state index contributed by atoms with van der Waals surface area (Å²) < 4.78 is 0. The van der Waals surface area contributed by atoms with Crippen molar-refractivity contribution in [3.05, 3.63) is 0 Å². The third kappa shape index (κ3) is 8.20. The monoisotopic (exact) mass is 260 g/mol. The molecule has 106 valence electrons. The predicted octanol–water partition coefficient (Wildman–Crippen LogP) is 5.94. The molecule has 0 radical (unpaired) electrons. The van der Waals surface area contributed by atoms with Crippen LogP contribution in [-0.2, 0) is 0 Å². The van der Waals surface area contributed by atoms with Gasteiger partial charge in [-0.15, -0.1) is 0 Å². The molecule has 0 aromatic carbocycles. The molecule has 17 heavy (non-hydrogen) atoms. The molecule has 0 saturated heterocycles. The molecule has 0 fully saturated rings. The van der Waals surface area contributed by atoms with Gasteiger partial charge in [-0.05, 0) is 0 Å². The van der Waals surface area contributed by atoms with Gasteiger partial charge in [0.2, 0.25) is 0 Å². The second kappa shape index (κ2) is 11.5. The minimum absolute atomic E-state index is 0.851. The Hall–Kier alpha value is 0.430. The Labute approximate surface area is 111 Å². The van der Waals surface area contributed by atoms with E-state index in [0.29, 0.717) is 0 Å². The fourth-order valence-corrected chi connectivity index (χ4v) is 8.07. The fraction of sp³-hybridized carbons (Fsp3) is 1.00. The van der Waals surface area contributed by atoms with Crippen molar-refractivity contribution in [3.8, 4) is 0 Å². The van der Waals surface area contributed by atoms with Gasteiger partial charge >= 0.3 is 111 Å². The van der Waals surface area contributed by atoms with Crippen molar-refractivity contribution in [2.75, 3.05) is 24.6 Å². The average molecular weight is 260 g/mol. The van der Waals surface area contributed by atoms with Crippen LogP contribution in [0.15, 0.2) is 0 Å². The molecule has 0 aromatic heterocycles. The van der Waals surface area contributed by atoms with Gasteiger partial charge in [-0.2, -0.15) is 0 Å². The second-order valence-corrected chi connectivity index (χ2v) is 11.1. The van der Waals surface area contributed by atoms with E-state index in [9.17, 15) is 0 Å². The van der Waals surface area contributed by atoms with Gasteiger partial charge in [0.1, 0.15) is 0 Å². The summed E-state index contributed by atoms with van der Waals surface area (Å²) in [6.07, 6.45) is 18.0. The SMILES string of the molecule is CCCCCCC[PH](CC)(CCC)CCCC. The zero-order valence-electron chi connectivity index (χ0n) is 13.0. The number of hydrogen-bond acceptors (Lipinski definition) is 0. The maximum atomic E-state index is 2.48. The van der Waals surface area contributed by atoms with Crippen molar-refractivity contribution < 1.29 is 0 Å². The molecule has 0 aliphatic rings. The zero-order valence-corrected chi connectivity index (χ0v) is 14.0. The van der Waals surface area contributed by atoms with Crippen LogP contribution in [0.3, 0.4) is 0 Å². The van der Waals surface area contributed by atoms with Gasteiger partial charge in [-0.25, -0.2) is 0 Å². The average Bonchev–Trinajstić information content (AvgIpc) is 2.35. The van der Waals surface area contributed by atoms with Crippen molar-refractivity contribution in [1.82, 2.24) is 0 Å².